The van der Waals surface area contributed by atoms with Gasteiger partial charge >= 0.3 is 6.09 Å². The zero-order valence-electron chi connectivity index (χ0n) is 19.7. The minimum Gasteiger partial charge on any atom is -0.444 e. The molecule has 2 aliphatic heterocycles. The van der Waals surface area contributed by atoms with E-state index in [0.29, 0.717) is 13.1 Å². The standard InChI is InChI=1S/C26H33ClFN3O2/c1-26(2,3)33-25(32)30-16-13-22(18-30)31(21-11-12-24(28)23(27)17-21)20-9-7-19(8-10-20)29-14-5-4-6-15-29/h7-12,17,22H,4-6,13-16,18H2,1-3H3/t22-/m0/s1. The Morgan fingerprint density at radius 3 is 2.33 bits per heavy atom. The number of nitrogens with zero attached hydrogens (tertiary/aromatic N) is 3. The maximum absolute atomic E-state index is 13.9. The average Bonchev–Trinajstić information content (AvgIpc) is 3.26. The maximum Gasteiger partial charge on any atom is 0.410 e. The van der Waals surface area contributed by atoms with Gasteiger partial charge in [0.05, 0.1) is 11.1 Å². The number of halogens is 2. The summed E-state index contributed by atoms with van der Waals surface area (Å²) in [6.45, 7) is 8.92. The Morgan fingerprint density at radius 2 is 1.70 bits per heavy atom. The van der Waals surface area contributed by atoms with Gasteiger partial charge in [-0.25, -0.2) is 9.18 Å². The lowest BCUT2D eigenvalue weighted by Crippen LogP contribution is -2.39. The molecule has 4 rings (SSSR count). The van der Waals surface area contributed by atoms with Crippen LogP contribution in [0.3, 0.4) is 0 Å². The fourth-order valence-corrected chi connectivity index (χ4v) is 4.80. The highest BCUT2D eigenvalue weighted by Crippen LogP contribution is 2.35. The van der Waals surface area contributed by atoms with Crippen LogP contribution in [0.2, 0.25) is 5.02 Å². The van der Waals surface area contributed by atoms with Crippen LogP contribution in [0.15, 0.2) is 42.5 Å². The molecule has 1 amide bonds. The predicted octanol–water partition coefficient (Wildman–Crippen LogP) is 6.62. The van der Waals surface area contributed by atoms with Crippen molar-refractivity contribution in [3.8, 4) is 0 Å². The highest BCUT2D eigenvalue weighted by molar-refractivity contribution is 6.31. The molecule has 0 radical (unpaired) electrons. The fourth-order valence-electron chi connectivity index (χ4n) is 4.63. The van der Waals surface area contributed by atoms with Crippen LogP contribution in [0.1, 0.15) is 46.5 Å². The summed E-state index contributed by atoms with van der Waals surface area (Å²) in [4.78, 5) is 19.0. The van der Waals surface area contributed by atoms with E-state index in [4.69, 9.17) is 16.3 Å². The Labute approximate surface area is 201 Å². The number of likely N-dealkylation sites (tertiary alicyclic amines) is 1. The highest BCUT2D eigenvalue weighted by Gasteiger charge is 2.34. The van der Waals surface area contributed by atoms with Crippen molar-refractivity contribution in [2.75, 3.05) is 36.0 Å². The van der Waals surface area contributed by atoms with Gasteiger partial charge in [0.2, 0.25) is 0 Å². The second kappa shape index (κ2) is 9.80. The first kappa shape index (κ1) is 23.7. The van der Waals surface area contributed by atoms with E-state index in [1.54, 1.807) is 17.0 Å². The molecule has 33 heavy (non-hydrogen) atoms. The van der Waals surface area contributed by atoms with Gasteiger partial charge in [0.1, 0.15) is 11.4 Å². The first-order chi connectivity index (χ1) is 15.7. The second-order valence-corrected chi connectivity index (χ2v) is 10.3. The highest BCUT2D eigenvalue weighted by atomic mass is 35.5. The second-order valence-electron chi connectivity index (χ2n) is 9.90. The van der Waals surface area contributed by atoms with Gasteiger partial charge in [0.15, 0.2) is 0 Å². The van der Waals surface area contributed by atoms with Crippen molar-refractivity contribution < 1.29 is 13.9 Å². The van der Waals surface area contributed by atoms with E-state index in [1.807, 2.05) is 20.8 Å². The van der Waals surface area contributed by atoms with Gasteiger partial charge in [-0.15, -0.1) is 0 Å². The summed E-state index contributed by atoms with van der Waals surface area (Å²) in [6.07, 6.45) is 4.23. The van der Waals surface area contributed by atoms with Crippen LogP contribution < -0.4 is 9.80 Å². The Balaban J connectivity index is 1.59. The zero-order valence-corrected chi connectivity index (χ0v) is 20.4. The van der Waals surface area contributed by atoms with Crippen molar-refractivity contribution in [3.63, 3.8) is 0 Å². The fraction of sp³-hybridized carbons (Fsp3) is 0.500. The molecule has 2 saturated heterocycles. The van der Waals surface area contributed by atoms with Gasteiger partial charge in [-0.2, -0.15) is 0 Å². The molecule has 5 nitrogen and oxygen atoms in total. The van der Waals surface area contributed by atoms with E-state index in [2.05, 4.69) is 34.1 Å². The van der Waals surface area contributed by atoms with Gasteiger partial charge in [-0.1, -0.05) is 11.6 Å². The molecular weight excluding hydrogens is 441 g/mol. The topological polar surface area (TPSA) is 36.0 Å². The van der Waals surface area contributed by atoms with Crippen molar-refractivity contribution >= 4 is 34.8 Å². The number of carbonyl (C=O) groups excluding carboxylic acids is 1. The number of ether oxygens (including phenoxy) is 1. The molecule has 0 saturated carbocycles. The van der Waals surface area contributed by atoms with E-state index in [-0.39, 0.29) is 17.2 Å². The number of piperidine rings is 1. The predicted molar refractivity (Wildman–Crippen MR) is 132 cm³/mol. The lowest BCUT2D eigenvalue weighted by atomic mass is 10.1. The van der Waals surface area contributed by atoms with Crippen molar-refractivity contribution in [1.82, 2.24) is 4.90 Å². The van der Waals surface area contributed by atoms with Crippen molar-refractivity contribution in [1.29, 1.82) is 0 Å². The monoisotopic (exact) mass is 473 g/mol. The molecule has 0 unspecified atom stereocenters. The number of hydrogen-bond donors (Lipinski definition) is 0. The van der Waals surface area contributed by atoms with Crippen molar-refractivity contribution in [3.05, 3.63) is 53.3 Å². The molecule has 1 atom stereocenters. The number of hydrogen-bond acceptors (Lipinski definition) is 4. The molecule has 178 valence electrons. The van der Waals surface area contributed by atoms with Crippen molar-refractivity contribution in [2.45, 2.75) is 58.1 Å². The summed E-state index contributed by atoms with van der Waals surface area (Å²) in [5.41, 5.74) is 2.49. The van der Waals surface area contributed by atoms with Crippen molar-refractivity contribution in [2.24, 2.45) is 0 Å². The molecule has 7 heteroatoms. The SMILES string of the molecule is CC(C)(C)OC(=O)N1CC[C@H](N(c2ccc(N3CCCCC3)cc2)c2ccc(F)c(Cl)c2)C1. The molecule has 0 aromatic heterocycles. The quantitative estimate of drug-likeness (QED) is 0.500. The number of rotatable bonds is 4. The molecule has 2 aromatic rings. The van der Waals surface area contributed by atoms with Crippen LogP contribution >= 0.6 is 11.6 Å². The van der Waals surface area contributed by atoms with Crippen LogP contribution in [0, 0.1) is 5.82 Å². The minimum absolute atomic E-state index is 0.0277. The zero-order chi connectivity index (χ0) is 23.6. The third kappa shape index (κ3) is 5.72. The molecule has 0 bridgehead atoms. The Morgan fingerprint density at radius 1 is 1.03 bits per heavy atom. The number of amides is 1. The summed E-state index contributed by atoms with van der Waals surface area (Å²) < 4.78 is 19.5. The van der Waals surface area contributed by atoms with Gasteiger partial charge in [-0.3, -0.25) is 0 Å². The molecule has 0 aliphatic carbocycles. The first-order valence-corrected chi connectivity index (χ1v) is 12.2. The number of benzene rings is 2. The van der Waals surface area contributed by atoms with E-state index in [9.17, 15) is 9.18 Å². The maximum atomic E-state index is 13.9. The summed E-state index contributed by atoms with van der Waals surface area (Å²) in [7, 11) is 0. The molecular formula is C26H33ClFN3O2. The third-order valence-corrected chi connectivity index (χ3v) is 6.50. The number of carbonyl (C=O) groups is 1. The average molecular weight is 474 g/mol. The smallest absolute Gasteiger partial charge is 0.410 e. The van der Waals surface area contributed by atoms with E-state index < -0.39 is 11.4 Å². The summed E-state index contributed by atoms with van der Waals surface area (Å²) in [5, 5.41) is 0.0874. The lowest BCUT2D eigenvalue weighted by molar-refractivity contribution is 0.0293. The Hall–Kier alpha value is -2.47. The molecule has 2 fully saturated rings. The van der Waals surface area contributed by atoms with E-state index in [1.165, 1.54) is 31.0 Å². The van der Waals surface area contributed by atoms with Gasteiger partial charge in [0, 0.05) is 43.2 Å². The van der Waals surface area contributed by atoms with Gasteiger partial charge in [0.25, 0.3) is 0 Å². The normalized spacial score (nSPS) is 19.0. The summed E-state index contributed by atoms with van der Waals surface area (Å²) in [5.74, 6) is -0.442. The molecule has 0 spiro atoms. The molecule has 0 N–H and O–H groups in total. The molecule has 2 aromatic carbocycles. The number of anilines is 3. The first-order valence-electron chi connectivity index (χ1n) is 11.8. The largest absolute Gasteiger partial charge is 0.444 e. The lowest BCUT2D eigenvalue weighted by Gasteiger charge is -2.33. The van der Waals surface area contributed by atoms with Crippen LogP contribution in [0.25, 0.3) is 0 Å². The van der Waals surface area contributed by atoms with Crippen LogP contribution in [-0.2, 0) is 4.74 Å². The molecule has 2 aliphatic rings. The van der Waals surface area contributed by atoms with E-state index in [0.717, 1.165) is 30.9 Å². The minimum atomic E-state index is -0.538. The van der Waals surface area contributed by atoms with Crippen LogP contribution in [0.5, 0.6) is 0 Å². The van der Waals surface area contributed by atoms with Gasteiger partial charge < -0.3 is 19.4 Å². The Bertz CT molecular complexity index is 970. The third-order valence-electron chi connectivity index (χ3n) is 6.21. The Kier molecular flexibility index (Phi) is 7.03. The van der Waals surface area contributed by atoms with Gasteiger partial charge in [-0.05, 0) is 88.9 Å². The summed E-state index contributed by atoms with van der Waals surface area (Å²) >= 11 is 6.14. The van der Waals surface area contributed by atoms with Crippen LogP contribution in [-0.4, -0.2) is 48.8 Å². The summed E-state index contributed by atoms with van der Waals surface area (Å²) in [6, 6.07) is 13.3. The van der Waals surface area contributed by atoms with E-state index >= 15 is 0 Å². The van der Waals surface area contributed by atoms with Crippen LogP contribution in [0.4, 0.5) is 26.2 Å². The molecule has 2 heterocycles.